The van der Waals surface area contributed by atoms with Crippen LogP contribution in [-0.4, -0.2) is 44.2 Å². The van der Waals surface area contributed by atoms with Crippen LogP contribution in [0.5, 0.6) is 0 Å². The van der Waals surface area contributed by atoms with Crippen molar-refractivity contribution in [3.05, 3.63) is 22.2 Å². The molecule has 3 N–H and O–H groups in total. The number of aromatic nitrogens is 2. The van der Waals surface area contributed by atoms with E-state index in [1.54, 1.807) is 6.92 Å². The summed E-state index contributed by atoms with van der Waals surface area (Å²) in [7, 11) is 0. The zero-order valence-corrected chi connectivity index (χ0v) is 10.0. The van der Waals surface area contributed by atoms with Crippen molar-refractivity contribution < 1.29 is 19.8 Å². The van der Waals surface area contributed by atoms with E-state index in [4.69, 9.17) is 0 Å². The fraction of sp³-hybridized carbons (Fsp3) is 0.400. The zero-order valence-electron chi connectivity index (χ0n) is 10.0. The van der Waals surface area contributed by atoms with Crippen molar-refractivity contribution in [1.29, 1.82) is 0 Å². The first-order valence-corrected chi connectivity index (χ1v) is 5.40. The van der Waals surface area contributed by atoms with Crippen molar-refractivity contribution in [3.63, 3.8) is 0 Å². The van der Waals surface area contributed by atoms with Crippen molar-refractivity contribution in [3.8, 4) is 0 Å². The minimum absolute atomic E-state index is 0.00762. The second-order valence-electron chi connectivity index (χ2n) is 4.35. The molecular formula is C10H12N4O5. The van der Waals surface area contributed by atoms with Crippen LogP contribution in [0.1, 0.15) is 6.92 Å². The van der Waals surface area contributed by atoms with Gasteiger partial charge in [-0.15, -0.1) is 0 Å². The van der Waals surface area contributed by atoms with E-state index in [9.17, 15) is 20.3 Å². The first kappa shape index (κ1) is 13.2. The Morgan fingerprint density at radius 3 is 2.58 bits per heavy atom. The van der Waals surface area contributed by atoms with E-state index >= 15 is 0 Å². The van der Waals surface area contributed by atoms with E-state index in [0.29, 0.717) is 5.69 Å². The summed E-state index contributed by atoms with van der Waals surface area (Å²) in [6, 6.07) is 2.68. The van der Waals surface area contributed by atoms with Crippen molar-refractivity contribution in [2.45, 2.75) is 12.5 Å². The Morgan fingerprint density at radius 1 is 1.37 bits per heavy atom. The summed E-state index contributed by atoms with van der Waals surface area (Å²) in [5, 5.41) is 39.2. The van der Waals surface area contributed by atoms with Crippen LogP contribution in [0.3, 0.4) is 0 Å². The molecular weight excluding hydrogens is 256 g/mol. The number of nitrogens with one attached hydrogen (secondary N) is 1. The highest BCUT2D eigenvalue weighted by molar-refractivity contribution is 5.93. The number of nitro benzene ring substituents is 1. The third-order valence-corrected chi connectivity index (χ3v) is 2.73. The largest absolute Gasteiger partial charge is 0.394 e. The Balaban J connectivity index is 2.49. The number of aliphatic hydroxyl groups excluding tert-OH is 2. The van der Waals surface area contributed by atoms with E-state index in [0.717, 1.165) is 0 Å². The van der Waals surface area contributed by atoms with Crippen molar-refractivity contribution in [1.82, 2.24) is 10.3 Å². The summed E-state index contributed by atoms with van der Waals surface area (Å²) in [5.74, 6) is 0. The third-order valence-electron chi connectivity index (χ3n) is 2.73. The number of benzene rings is 1. The molecule has 2 aromatic rings. The summed E-state index contributed by atoms with van der Waals surface area (Å²) < 4.78 is 4.51. The molecule has 0 aliphatic heterocycles. The second-order valence-corrected chi connectivity index (χ2v) is 4.35. The first-order chi connectivity index (χ1) is 9.00. The lowest BCUT2D eigenvalue weighted by atomic mass is 10.0. The molecule has 0 radical (unpaired) electrons. The van der Waals surface area contributed by atoms with Gasteiger partial charge in [-0.3, -0.25) is 10.1 Å². The van der Waals surface area contributed by atoms with Gasteiger partial charge in [-0.25, -0.2) is 4.63 Å². The third kappa shape index (κ3) is 2.33. The molecule has 1 aromatic carbocycles. The van der Waals surface area contributed by atoms with E-state index in [1.807, 2.05) is 0 Å². The highest BCUT2D eigenvalue weighted by atomic mass is 16.6. The molecule has 0 spiro atoms. The van der Waals surface area contributed by atoms with Crippen LogP contribution >= 0.6 is 0 Å². The summed E-state index contributed by atoms with van der Waals surface area (Å²) in [6.07, 6.45) is 0. The Hall–Kier alpha value is -2.26. The Bertz CT molecular complexity index is 607. The molecule has 9 heteroatoms. The lowest BCUT2D eigenvalue weighted by Crippen LogP contribution is -2.42. The molecule has 0 bridgehead atoms. The summed E-state index contributed by atoms with van der Waals surface area (Å²) in [6.45, 7) is 0.939. The lowest BCUT2D eigenvalue weighted by molar-refractivity contribution is -0.383. The van der Waals surface area contributed by atoms with E-state index in [2.05, 4.69) is 20.3 Å². The molecule has 102 valence electrons. The van der Waals surface area contributed by atoms with Gasteiger partial charge in [0.2, 0.25) is 5.52 Å². The maximum atomic E-state index is 10.8. The number of nitro groups is 1. The van der Waals surface area contributed by atoms with Crippen LogP contribution in [0.25, 0.3) is 11.0 Å². The van der Waals surface area contributed by atoms with Gasteiger partial charge in [0.1, 0.15) is 0 Å². The molecule has 2 rings (SSSR count). The molecule has 0 aliphatic rings. The maximum absolute atomic E-state index is 10.8. The van der Waals surface area contributed by atoms with Gasteiger partial charge < -0.3 is 15.5 Å². The molecule has 0 atom stereocenters. The number of fused-ring (bicyclic) bond motifs is 1. The number of non-ortho nitro benzene ring substituents is 1. The average molecular weight is 268 g/mol. The summed E-state index contributed by atoms with van der Waals surface area (Å²) >= 11 is 0. The smallest absolute Gasteiger partial charge is 0.300 e. The highest BCUT2D eigenvalue weighted by Gasteiger charge is 2.26. The number of nitrogens with zero attached hydrogens (tertiary/aromatic N) is 3. The minimum Gasteiger partial charge on any atom is -0.394 e. The monoisotopic (exact) mass is 268 g/mol. The molecule has 9 nitrogen and oxygen atoms in total. The van der Waals surface area contributed by atoms with Gasteiger partial charge in [0.25, 0.3) is 0 Å². The van der Waals surface area contributed by atoms with Crippen molar-refractivity contribution in [2.24, 2.45) is 0 Å². The SMILES string of the molecule is CC(CO)(CO)Nc1ccc([N+](=O)[O-])c2nonc12. The van der Waals surface area contributed by atoms with Gasteiger partial charge in [0.05, 0.1) is 29.4 Å². The van der Waals surface area contributed by atoms with Gasteiger partial charge in [-0.05, 0) is 23.3 Å². The molecule has 0 saturated heterocycles. The van der Waals surface area contributed by atoms with Gasteiger partial charge in [-0.1, -0.05) is 0 Å². The standard InChI is InChI=1S/C10H12N4O5/c1-10(4-15,5-16)11-6-2-3-7(14(17)18)9-8(6)12-19-13-9/h2-3,11,15-16H,4-5H2,1H3. The average Bonchev–Trinajstić information content (AvgIpc) is 2.88. The Labute approximate surface area is 107 Å². The van der Waals surface area contributed by atoms with Crippen LogP contribution < -0.4 is 5.32 Å². The van der Waals surface area contributed by atoms with Crippen molar-refractivity contribution in [2.75, 3.05) is 18.5 Å². The Morgan fingerprint density at radius 2 is 2.00 bits per heavy atom. The fourth-order valence-electron chi connectivity index (χ4n) is 1.56. The first-order valence-electron chi connectivity index (χ1n) is 5.40. The number of hydrogen-bond acceptors (Lipinski definition) is 8. The second kappa shape index (κ2) is 4.78. The van der Waals surface area contributed by atoms with Crippen LogP contribution in [0.2, 0.25) is 0 Å². The molecule has 19 heavy (non-hydrogen) atoms. The summed E-state index contributed by atoms with van der Waals surface area (Å²) in [4.78, 5) is 10.2. The maximum Gasteiger partial charge on any atom is 0.300 e. The van der Waals surface area contributed by atoms with Gasteiger partial charge >= 0.3 is 5.69 Å². The molecule has 0 aliphatic carbocycles. The molecule has 0 fully saturated rings. The minimum atomic E-state index is -0.984. The lowest BCUT2D eigenvalue weighted by Gasteiger charge is -2.27. The predicted octanol–water partition coefficient (Wildman–Crippen LogP) is 0.286. The topological polar surface area (TPSA) is 135 Å². The number of aliphatic hydroxyl groups is 2. The van der Waals surface area contributed by atoms with Crippen LogP contribution in [0.4, 0.5) is 11.4 Å². The molecule has 0 saturated carbocycles. The van der Waals surface area contributed by atoms with Gasteiger partial charge in [-0.2, -0.15) is 0 Å². The fourth-order valence-corrected chi connectivity index (χ4v) is 1.56. The van der Waals surface area contributed by atoms with Crippen LogP contribution in [-0.2, 0) is 0 Å². The molecule has 1 heterocycles. The zero-order chi connectivity index (χ0) is 14.0. The van der Waals surface area contributed by atoms with Gasteiger partial charge in [0.15, 0.2) is 5.52 Å². The van der Waals surface area contributed by atoms with Crippen LogP contribution in [0.15, 0.2) is 16.8 Å². The Kier molecular flexibility index (Phi) is 3.32. The molecule has 1 aromatic heterocycles. The molecule has 0 unspecified atom stereocenters. The van der Waals surface area contributed by atoms with E-state index < -0.39 is 10.5 Å². The quantitative estimate of drug-likeness (QED) is 0.520. The predicted molar refractivity (Wildman–Crippen MR) is 64.7 cm³/mol. The molecule has 0 amide bonds. The van der Waals surface area contributed by atoms with E-state index in [1.165, 1.54) is 12.1 Å². The summed E-state index contributed by atoms with van der Waals surface area (Å²) in [5.41, 5.74) is -0.651. The van der Waals surface area contributed by atoms with Gasteiger partial charge in [0, 0.05) is 6.07 Å². The van der Waals surface area contributed by atoms with Crippen molar-refractivity contribution >= 4 is 22.4 Å². The van der Waals surface area contributed by atoms with Crippen LogP contribution in [0, 0.1) is 10.1 Å². The van der Waals surface area contributed by atoms with E-state index in [-0.39, 0.29) is 29.9 Å². The number of rotatable bonds is 5. The number of anilines is 1. The highest BCUT2D eigenvalue weighted by Crippen LogP contribution is 2.30. The normalized spacial score (nSPS) is 11.7. The number of hydrogen-bond donors (Lipinski definition) is 3.